The molecule has 0 saturated carbocycles. The molecule has 2 aliphatic heterocycles. The first-order valence-corrected chi connectivity index (χ1v) is 8.36. The summed E-state index contributed by atoms with van der Waals surface area (Å²) < 4.78 is 0. The lowest BCUT2D eigenvalue weighted by molar-refractivity contribution is -0.132. The van der Waals surface area contributed by atoms with Gasteiger partial charge >= 0.3 is 6.03 Å². The smallest absolute Gasteiger partial charge is 0.323 e. The van der Waals surface area contributed by atoms with Crippen LogP contribution in [-0.4, -0.2) is 53.5 Å². The van der Waals surface area contributed by atoms with Crippen molar-refractivity contribution in [3.05, 3.63) is 0 Å². The summed E-state index contributed by atoms with van der Waals surface area (Å²) >= 11 is 0. The number of nitrogens with zero attached hydrogens (tertiary/aromatic N) is 3. The van der Waals surface area contributed by atoms with Crippen LogP contribution in [0.3, 0.4) is 0 Å². The standard InChI is InChI=1S/C16H26N4O2/c1-2-3-4-5-10-19-12-7-16(8-13-19)14(21)20(11-6-9-17)15(22)18-16/h2-8,10-13H2,1H3,(H,18,22). The summed E-state index contributed by atoms with van der Waals surface area (Å²) in [7, 11) is 0. The van der Waals surface area contributed by atoms with Crippen LogP contribution in [0.15, 0.2) is 0 Å². The first kappa shape index (κ1) is 16.8. The minimum Gasteiger partial charge on any atom is -0.323 e. The molecule has 0 radical (unpaired) electrons. The van der Waals surface area contributed by atoms with Gasteiger partial charge < -0.3 is 10.2 Å². The summed E-state index contributed by atoms with van der Waals surface area (Å²) in [5.74, 6) is -0.140. The molecule has 2 fully saturated rings. The predicted octanol–water partition coefficient (Wildman–Crippen LogP) is 1.87. The third kappa shape index (κ3) is 3.58. The number of carbonyl (C=O) groups excluding carboxylic acids is 2. The van der Waals surface area contributed by atoms with Gasteiger partial charge in [-0.3, -0.25) is 9.69 Å². The van der Waals surface area contributed by atoms with Crippen LogP contribution in [0.5, 0.6) is 0 Å². The molecule has 2 aliphatic rings. The average molecular weight is 306 g/mol. The first-order valence-electron chi connectivity index (χ1n) is 8.36. The van der Waals surface area contributed by atoms with E-state index < -0.39 is 5.54 Å². The van der Waals surface area contributed by atoms with Gasteiger partial charge in [-0.05, 0) is 25.8 Å². The molecular formula is C16H26N4O2. The minimum absolute atomic E-state index is 0.140. The van der Waals surface area contributed by atoms with E-state index in [1.807, 2.05) is 6.07 Å². The van der Waals surface area contributed by atoms with Gasteiger partial charge in [0.2, 0.25) is 0 Å². The van der Waals surface area contributed by atoms with Gasteiger partial charge in [0.1, 0.15) is 5.54 Å². The van der Waals surface area contributed by atoms with Gasteiger partial charge in [-0.15, -0.1) is 0 Å². The van der Waals surface area contributed by atoms with E-state index in [0.717, 1.165) is 19.6 Å². The molecule has 0 unspecified atom stereocenters. The van der Waals surface area contributed by atoms with Crippen molar-refractivity contribution in [1.82, 2.24) is 15.1 Å². The molecule has 22 heavy (non-hydrogen) atoms. The Hall–Kier alpha value is -1.61. The predicted molar refractivity (Wildman–Crippen MR) is 83.0 cm³/mol. The van der Waals surface area contributed by atoms with E-state index >= 15 is 0 Å². The van der Waals surface area contributed by atoms with Crippen LogP contribution < -0.4 is 5.32 Å². The van der Waals surface area contributed by atoms with Crippen molar-refractivity contribution < 1.29 is 9.59 Å². The highest BCUT2D eigenvalue weighted by Crippen LogP contribution is 2.29. The summed E-state index contributed by atoms with van der Waals surface area (Å²) in [6.07, 6.45) is 6.52. The molecule has 122 valence electrons. The summed E-state index contributed by atoms with van der Waals surface area (Å²) in [5.41, 5.74) is -0.716. The van der Waals surface area contributed by atoms with E-state index in [1.165, 1.54) is 30.6 Å². The summed E-state index contributed by atoms with van der Waals surface area (Å²) in [6, 6.07) is 1.65. The summed E-state index contributed by atoms with van der Waals surface area (Å²) in [6.45, 7) is 5.19. The molecule has 1 N–H and O–H groups in total. The Bertz CT molecular complexity index is 450. The maximum Gasteiger partial charge on any atom is 0.325 e. The Morgan fingerprint density at radius 2 is 1.91 bits per heavy atom. The number of likely N-dealkylation sites (tertiary alicyclic amines) is 1. The number of unbranched alkanes of at least 4 members (excludes halogenated alkanes) is 3. The van der Waals surface area contributed by atoms with Gasteiger partial charge in [0.25, 0.3) is 5.91 Å². The maximum atomic E-state index is 12.5. The Kier molecular flexibility index (Phi) is 5.78. The lowest BCUT2D eigenvalue weighted by Gasteiger charge is -2.37. The van der Waals surface area contributed by atoms with Crippen LogP contribution in [0.25, 0.3) is 0 Å². The molecule has 0 bridgehead atoms. The largest absolute Gasteiger partial charge is 0.325 e. The Labute approximate surface area is 132 Å². The highest BCUT2D eigenvalue weighted by molar-refractivity contribution is 6.07. The molecule has 0 aliphatic carbocycles. The van der Waals surface area contributed by atoms with Crippen molar-refractivity contribution >= 4 is 11.9 Å². The number of hydrogen-bond donors (Lipinski definition) is 1. The molecular weight excluding hydrogens is 280 g/mol. The van der Waals surface area contributed by atoms with E-state index in [1.54, 1.807) is 0 Å². The van der Waals surface area contributed by atoms with E-state index in [2.05, 4.69) is 17.1 Å². The van der Waals surface area contributed by atoms with E-state index in [4.69, 9.17) is 5.26 Å². The maximum absolute atomic E-state index is 12.5. The number of piperidine rings is 1. The molecule has 0 atom stereocenters. The van der Waals surface area contributed by atoms with Crippen molar-refractivity contribution in [1.29, 1.82) is 5.26 Å². The van der Waals surface area contributed by atoms with E-state index in [0.29, 0.717) is 12.8 Å². The fraction of sp³-hybridized carbons (Fsp3) is 0.812. The molecule has 1 spiro atoms. The number of nitrogens with one attached hydrogen (secondary N) is 1. The van der Waals surface area contributed by atoms with Crippen LogP contribution in [0.1, 0.15) is 51.9 Å². The Balaban J connectivity index is 1.83. The van der Waals surface area contributed by atoms with Gasteiger partial charge in [0.15, 0.2) is 0 Å². The first-order chi connectivity index (χ1) is 10.6. The van der Waals surface area contributed by atoms with E-state index in [-0.39, 0.29) is 24.9 Å². The molecule has 2 saturated heterocycles. The number of amides is 3. The number of nitriles is 1. The van der Waals surface area contributed by atoms with Crippen LogP contribution in [0, 0.1) is 11.3 Å². The highest BCUT2D eigenvalue weighted by Gasteiger charge is 2.51. The van der Waals surface area contributed by atoms with Gasteiger partial charge in [0, 0.05) is 19.6 Å². The molecule has 2 heterocycles. The molecule has 0 aromatic rings. The summed E-state index contributed by atoms with van der Waals surface area (Å²) in [5, 5.41) is 11.5. The second-order valence-electron chi connectivity index (χ2n) is 6.28. The van der Waals surface area contributed by atoms with Crippen LogP contribution in [-0.2, 0) is 4.79 Å². The minimum atomic E-state index is -0.716. The van der Waals surface area contributed by atoms with Gasteiger partial charge in [0.05, 0.1) is 12.5 Å². The number of hydrogen-bond acceptors (Lipinski definition) is 4. The number of imide groups is 1. The quantitative estimate of drug-likeness (QED) is 0.575. The third-order valence-electron chi connectivity index (χ3n) is 4.73. The zero-order valence-corrected chi connectivity index (χ0v) is 13.4. The van der Waals surface area contributed by atoms with Crippen molar-refractivity contribution in [2.24, 2.45) is 0 Å². The van der Waals surface area contributed by atoms with Crippen LogP contribution >= 0.6 is 0 Å². The SMILES string of the molecule is CCCCCCN1CCC2(CC1)NC(=O)N(CCC#N)C2=O. The zero-order chi connectivity index (χ0) is 16.0. The summed E-state index contributed by atoms with van der Waals surface area (Å²) in [4.78, 5) is 28.1. The molecule has 2 rings (SSSR count). The molecule has 0 aromatic carbocycles. The van der Waals surface area contributed by atoms with Crippen LogP contribution in [0.2, 0.25) is 0 Å². The zero-order valence-electron chi connectivity index (χ0n) is 13.4. The third-order valence-corrected chi connectivity index (χ3v) is 4.73. The van der Waals surface area contributed by atoms with Crippen molar-refractivity contribution in [3.8, 4) is 6.07 Å². The Morgan fingerprint density at radius 1 is 1.18 bits per heavy atom. The highest BCUT2D eigenvalue weighted by atomic mass is 16.2. The lowest BCUT2D eigenvalue weighted by Crippen LogP contribution is -2.55. The number of rotatable bonds is 7. The van der Waals surface area contributed by atoms with E-state index in [9.17, 15) is 9.59 Å². The second-order valence-corrected chi connectivity index (χ2v) is 6.28. The van der Waals surface area contributed by atoms with Gasteiger partial charge in [-0.1, -0.05) is 26.2 Å². The second kappa shape index (κ2) is 7.59. The average Bonchev–Trinajstić information content (AvgIpc) is 2.75. The Morgan fingerprint density at radius 3 is 2.55 bits per heavy atom. The topological polar surface area (TPSA) is 76.4 Å². The molecule has 6 heteroatoms. The van der Waals surface area contributed by atoms with Gasteiger partial charge in [-0.2, -0.15) is 5.26 Å². The van der Waals surface area contributed by atoms with Crippen molar-refractivity contribution in [2.75, 3.05) is 26.2 Å². The fourth-order valence-electron chi connectivity index (χ4n) is 3.30. The van der Waals surface area contributed by atoms with Crippen molar-refractivity contribution in [3.63, 3.8) is 0 Å². The number of carbonyl (C=O) groups is 2. The fourth-order valence-corrected chi connectivity index (χ4v) is 3.30. The monoisotopic (exact) mass is 306 g/mol. The molecule has 6 nitrogen and oxygen atoms in total. The molecule has 0 aromatic heterocycles. The normalized spacial score (nSPS) is 21.2. The van der Waals surface area contributed by atoms with Crippen molar-refractivity contribution in [2.45, 2.75) is 57.4 Å². The van der Waals surface area contributed by atoms with Crippen LogP contribution in [0.4, 0.5) is 4.79 Å². The van der Waals surface area contributed by atoms with Gasteiger partial charge in [-0.25, -0.2) is 4.79 Å². The molecule has 3 amide bonds. The lowest BCUT2D eigenvalue weighted by atomic mass is 9.87. The number of urea groups is 1.